The Balaban J connectivity index is 0.000000380. The standard InChI is InChI=1S/C16H17N4S.CH4O4S/c1-19(2)13-9-5-4-8-12(13)17-18-16-20(3)14-10-6-7-11-15(14)21-16;1-5-6(2,3)4/h4-11H,1-3H3;1H3,(H,2,3,4)/q+1;/p-1. The molecule has 0 bridgehead atoms. The van der Waals surface area contributed by atoms with Gasteiger partial charge in [-0.05, 0) is 40.7 Å². The lowest BCUT2D eigenvalue weighted by Crippen LogP contribution is -2.25. The molecular weight excluding hydrogens is 388 g/mol. The molecule has 10 heteroatoms. The van der Waals surface area contributed by atoms with Crippen LogP contribution in [-0.4, -0.2) is 34.2 Å². The second-order valence-corrected chi connectivity index (χ2v) is 7.73. The van der Waals surface area contributed by atoms with E-state index < -0.39 is 10.4 Å². The van der Waals surface area contributed by atoms with Gasteiger partial charge < -0.3 is 9.45 Å². The number of aryl methyl sites for hydroxylation is 1. The highest BCUT2D eigenvalue weighted by atomic mass is 32.3. The van der Waals surface area contributed by atoms with Crippen LogP contribution in [0.1, 0.15) is 0 Å². The van der Waals surface area contributed by atoms with E-state index in [-0.39, 0.29) is 0 Å². The average molecular weight is 409 g/mol. The number of anilines is 1. The van der Waals surface area contributed by atoms with Crippen molar-refractivity contribution in [3.8, 4) is 0 Å². The first-order valence-electron chi connectivity index (χ1n) is 7.80. The molecule has 0 spiro atoms. The first kappa shape index (κ1) is 20.9. The molecule has 0 atom stereocenters. The summed E-state index contributed by atoms with van der Waals surface area (Å²) in [5, 5.41) is 9.76. The zero-order chi connectivity index (χ0) is 20.0. The minimum Gasteiger partial charge on any atom is -0.726 e. The Labute approximate surface area is 162 Å². The van der Waals surface area contributed by atoms with Crippen LogP contribution in [0.4, 0.5) is 16.5 Å². The maximum absolute atomic E-state index is 9.22. The smallest absolute Gasteiger partial charge is 0.409 e. The lowest BCUT2D eigenvalue weighted by atomic mass is 10.2. The third-order valence-corrected chi connectivity index (χ3v) is 5.04. The lowest BCUT2D eigenvalue weighted by Gasteiger charge is -2.12. The van der Waals surface area contributed by atoms with Crippen molar-refractivity contribution in [2.45, 2.75) is 0 Å². The highest BCUT2D eigenvalue weighted by Crippen LogP contribution is 2.30. The van der Waals surface area contributed by atoms with E-state index in [9.17, 15) is 13.0 Å². The summed E-state index contributed by atoms with van der Waals surface area (Å²) in [6, 6.07) is 16.3. The lowest BCUT2D eigenvalue weighted by molar-refractivity contribution is -0.627. The first-order valence-corrected chi connectivity index (χ1v) is 9.95. The first-order chi connectivity index (χ1) is 12.7. The molecule has 0 amide bonds. The fraction of sp³-hybridized carbons (Fsp3) is 0.235. The van der Waals surface area contributed by atoms with Gasteiger partial charge in [-0.25, -0.2) is 13.0 Å². The Kier molecular flexibility index (Phi) is 6.97. The summed E-state index contributed by atoms with van der Waals surface area (Å²) in [7, 11) is 2.43. The number of nitrogens with zero attached hydrogens (tertiary/aromatic N) is 4. The zero-order valence-corrected chi connectivity index (χ0v) is 17.0. The Morgan fingerprint density at radius 3 is 2.26 bits per heavy atom. The molecule has 8 nitrogen and oxygen atoms in total. The molecule has 0 radical (unpaired) electrons. The van der Waals surface area contributed by atoms with E-state index >= 15 is 0 Å². The van der Waals surface area contributed by atoms with E-state index in [0.717, 1.165) is 23.6 Å². The highest BCUT2D eigenvalue weighted by molar-refractivity contribution is 7.80. The predicted octanol–water partition coefficient (Wildman–Crippen LogP) is 3.30. The molecule has 0 saturated heterocycles. The van der Waals surface area contributed by atoms with Gasteiger partial charge in [-0.1, -0.05) is 24.3 Å². The van der Waals surface area contributed by atoms with Crippen molar-refractivity contribution in [3.63, 3.8) is 0 Å². The van der Waals surface area contributed by atoms with Crippen LogP contribution in [-0.2, 0) is 21.6 Å². The minimum atomic E-state index is -4.41. The third kappa shape index (κ3) is 5.79. The van der Waals surface area contributed by atoms with Gasteiger partial charge >= 0.3 is 5.13 Å². The number of hydrogen-bond donors (Lipinski definition) is 0. The zero-order valence-electron chi connectivity index (χ0n) is 15.4. The molecule has 27 heavy (non-hydrogen) atoms. The second-order valence-electron chi connectivity index (χ2n) is 5.57. The number of azo groups is 1. The monoisotopic (exact) mass is 408 g/mol. The molecule has 0 unspecified atom stereocenters. The average Bonchev–Trinajstić information content (AvgIpc) is 2.96. The van der Waals surface area contributed by atoms with Crippen molar-refractivity contribution < 1.29 is 21.7 Å². The number of rotatable bonds is 4. The Bertz CT molecular complexity index is 1050. The molecule has 0 aliphatic carbocycles. The van der Waals surface area contributed by atoms with E-state index in [1.165, 1.54) is 10.2 Å². The fourth-order valence-corrected chi connectivity index (χ4v) is 3.17. The number of fused-ring (bicyclic) bond motifs is 1. The van der Waals surface area contributed by atoms with Gasteiger partial charge in [0.2, 0.25) is 10.4 Å². The van der Waals surface area contributed by atoms with Crippen LogP contribution in [0.3, 0.4) is 0 Å². The van der Waals surface area contributed by atoms with Crippen molar-refractivity contribution >= 4 is 48.5 Å². The van der Waals surface area contributed by atoms with E-state index in [1.54, 1.807) is 11.3 Å². The topological polar surface area (TPSA) is 98.3 Å². The molecule has 1 heterocycles. The third-order valence-electron chi connectivity index (χ3n) is 3.53. The molecule has 0 fully saturated rings. The normalized spacial score (nSPS) is 11.4. The molecule has 3 aromatic rings. The van der Waals surface area contributed by atoms with Gasteiger partial charge in [0, 0.05) is 14.1 Å². The summed E-state index contributed by atoms with van der Waals surface area (Å²) in [6.45, 7) is 0. The number of benzene rings is 2. The molecule has 0 aliphatic heterocycles. The van der Waals surface area contributed by atoms with Gasteiger partial charge in [0.25, 0.3) is 0 Å². The molecule has 1 aromatic heterocycles. The molecule has 0 aliphatic rings. The Morgan fingerprint density at radius 1 is 1.07 bits per heavy atom. The van der Waals surface area contributed by atoms with Gasteiger partial charge in [0.05, 0.1) is 29.7 Å². The van der Waals surface area contributed by atoms with Crippen molar-refractivity contribution in [2.24, 2.45) is 17.3 Å². The summed E-state index contributed by atoms with van der Waals surface area (Å²) in [5.74, 6) is 0. The minimum absolute atomic E-state index is 0.808. The highest BCUT2D eigenvalue weighted by Gasteiger charge is 2.15. The summed E-state index contributed by atoms with van der Waals surface area (Å²) in [6.07, 6.45) is 0. The van der Waals surface area contributed by atoms with Crippen LogP contribution in [0.15, 0.2) is 58.8 Å². The molecule has 0 N–H and O–H groups in total. The molecular formula is C17H20N4O4S2. The largest absolute Gasteiger partial charge is 0.726 e. The fourth-order valence-electron chi connectivity index (χ4n) is 2.20. The van der Waals surface area contributed by atoms with Gasteiger partial charge in [0.1, 0.15) is 11.2 Å². The van der Waals surface area contributed by atoms with Crippen LogP contribution in [0.5, 0.6) is 0 Å². The Morgan fingerprint density at radius 2 is 1.67 bits per heavy atom. The van der Waals surface area contributed by atoms with Gasteiger partial charge in [0.15, 0.2) is 0 Å². The van der Waals surface area contributed by atoms with Crippen LogP contribution in [0.2, 0.25) is 0 Å². The predicted molar refractivity (Wildman–Crippen MR) is 105 cm³/mol. The number of aromatic nitrogens is 1. The van der Waals surface area contributed by atoms with Gasteiger partial charge in [-0.3, -0.25) is 4.18 Å². The van der Waals surface area contributed by atoms with Crippen molar-refractivity contribution in [2.75, 3.05) is 26.1 Å². The van der Waals surface area contributed by atoms with E-state index in [1.807, 2.05) is 62.4 Å². The van der Waals surface area contributed by atoms with Crippen molar-refractivity contribution in [1.82, 2.24) is 0 Å². The summed E-state index contributed by atoms with van der Waals surface area (Å²) >= 11 is 1.65. The van der Waals surface area contributed by atoms with Crippen LogP contribution in [0, 0.1) is 0 Å². The number of para-hydroxylation sites is 2. The van der Waals surface area contributed by atoms with Crippen LogP contribution < -0.4 is 9.47 Å². The summed E-state index contributed by atoms with van der Waals surface area (Å²) in [5.41, 5.74) is 3.11. The van der Waals surface area contributed by atoms with Crippen LogP contribution >= 0.6 is 11.3 Å². The molecule has 0 saturated carbocycles. The Hall–Kier alpha value is -2.40. The SMILES string of the molecule is CN(C)c1ccccc1N=Nc1sc2ccccc2[n+]1C.COS(=O)(=O)[O-]. The maximum atomic E-state index is 9.22. The second kappa shape index (κ2) is 9.00. The number of thiazole rings is 1. The number of hydrogen-bond acceptors (Lipinski definition) is 8. The van der Waals surface area contributed by atoms with Gasteiger partial charge in [-0.2, -0.15) is 0 Å². The molecule has 3 rings (SSSR count). The van der Waals surface area contributed by atoms with Crippen LogP contribution in [0.25, 0.3) is 10.2 Å². The summed E-state index contributed by atoms with van der Waals surface area (Å²) in [4.78, 5) is 2.04. The van der Waals surface area contributed by atoms with Crippen molar-refractivity contribution in [1.29, 1.82) is 0 Å². The maximum Gasteiger partial charge on any atom is 0.409 e. The van der Waals surface area contributed by atoms with Gasteiger partial charge in [-0.15, -0.1) is 0 Å². The van der Waals surface area contributed by atoms with Crippen molar-refractivity contribution in [3.05, 3.63) is 48.5 Å². The quantitative estimate of drug-likeness (QED) is 0.285. The van der Waals surface area contributed by atoms with E-state index in [0.29, 0.717) is 0 Å². The van der Waals surface area contributed by atoms with E-state index in [2.05, 4.69) is 31.1 Å². The molecule has 2 aromatic carbocycles. The molecule has 144 valence electrons. The van der Waals surface area contributed by atoms with E-state index in [4.69, 9.17) is 0 Å². The summed E-state index contributed by atoms with van der Waals surface area (Å²) < 4.78 is 34.3.